The molecule has 0 aliphatic rings. The summed E-state index contributed by atoms with van der Waals surface area (Å²) < 4.78 is 1.83. The van der Waals surface area contributed by atoms with E-state index in [9.17, 15) is 0 Å². The Morgan fingerprint density at radius 3 is 3.18 bits per heavy atom. The predicted octanol–water partition coefficient (Wildman–Crippen LogP) is 0.835. The van der Waals surface area contributed by atoms with Crippen LogP contribution in [-0.2, 0) is 32.7 Å². The number of aryl methyl sites for hydroxylation is 1. The molecule has 2 rings (SSSR count). The van der Waals surface area contributed by atoms with Gasteiger partial charge in [0.25, 0.3) is 0 Å². The van der Waals surface area contributed by atoms with Crippen LogP contribution in [0.1, 0.15) is 5.56 Å². The molecule has 11 heavy (non-hydrogen) atoms. The molecule has 0 spiro atoms. The summed E-state index contributed by atoms with van der Waals surface area (Å²) in [4.78, 5) is 0. The Morgan fingerprint density at radius 1 is 1.55 bits per heavy atom. The minimum absolute atomic E-state index is 0. The van der Waals surface area contributed by atoms with E-state index in [-0.39, 0.29) is 32.7 Å². The van der Waals surface area contributed by atoms with Crippen LogP contribution >= 0.6 is 0 Å². The van der Waals surface area contributed by atoms with E-state index in [4.69, 9.17) is 0 Å². The second-order valence-corrected chi connectivity index (χ2v) is 2.20. The second kappa shape index (κ2) is 3.41. The number of rotatable bonds is 0. The number of hydrogen-bond donors (Lipinski definition) is 0. The van der Waals surface area contributed by atoms with E-state index in [0.29, 0.717) is 0 Å². The summed E-state index contributed by atoms with van der Waals surface area (Å²) in [5.74, 6) is 0. The van der Waals surface area contributed by atoms with E-state index in [1.807, 2.05) is 23.6 Å². The van der Waals surface area contributed by atoms with Crippen LogP contribution in [0, 0.1) is 13.0 Å². The number of nitrogens with zero attached hydrogens (tertiary/aromatic N) is 3. The van der Waals surface area contributed by atoms with Crippen molar-refractivity contribution in [2.24, 2.45) is 0 Å². The maximum Gasteiger partial charge on any atom is 0.121 e. The molecule has 0 amide bonds. The van der Waals surface area contributed by atoms with Crippen molar-refractivity contribution < 1.29 is 32.7 Å². The van der Waals surface area contributed by atoms with Crippen molar-refractivity contribution in [1.29, 1.82) is 0 Å². The number of aromatic nitrogens is 3. The summed E-state index contributed by atoms with van der Waals surface area (Å²) in [5, 5.41) is 7.61. The zero-order chi connectivity index (χ0) is 6.97. The molecule has 0 atom stereocenters. The molecular formula is C7H6N3Y-. The van der Waals surface area contributed by atoms with Crippen LogP contribution < -0.4 is 0 Å². The first kappa shape index (κ1) is 8.82. The van der Waals surface area contributed by atoms with Crippen molar-refractivity contribution in [2.75, 3.05) is 0 Å². The molecule has 0 aliphatic carbocycles. The molecule has 0 saturated heterocycles. The largest absolute Gasteiger partial charge is 0.323 e. The van der Waals surface area contributed by atoms with Gasteiger partial charge >= 0.3 is 0 Å². The van der Waals surface area contributed by atoms with Crippen molar-refractivity contribution in [3.8, 4) is 0 Å². The second-order valence-electron chi connectivity index (χ2n) is 2.20. The Bertz CT molecular complexity index is 355. The molecule has 0 aliphatic heterocycles. The van der Waals surface area contributed by atoms with Gasteiger partial charge in [0.2, 0.25) is 0 Å². The molecular weight excluding hydrogens is 215 g/mol. The summed E-state index contributed by atoms with van der Waals surface area (Å²) >= 11 is 0. The molecule has 53 valence electrons. The van der Waals surface area contributed by atoms with E-state index >= 15 is 0 Å². The van der Waals surface area contributed by atoms with E-state index in [0.717, 1.165) is 11.2 Å². The van der Waals surface area contributed by atoms with Crippen LogP contribution in [0.3, 0.4) is 0 Å². The monoisotopic (exact) mass is 221 g/mol. The quantitative estimate of drug-likeness (QED) is 0.617. The fraction of sp³-hybridized carbons (Fsp3) is 0.143. The first-order valence-electron chi connectivity index (χ1n) is 3.04. The van der Waals surface area contributed by atoms with Gasteiger partial charge in [-0.1, -0.05) is 13.1 Å². The smallest absolute Gasteiger partial charge is 0.121 e. The molecule has 0 aromatic carbocycles. The SMILES string of the molecule is Cc1[c-]cn2cnnc2c1.[Y]. The van der Waals surface area contributed by atoms with Crippen molar-refractivity contribution in [3.63, 3.8) is 0 Å². The van der Waals surface area contributed by atoms with Crippen molar-refractivity contribution in [3.05, 3.63) is 30.2 Å². The molecule has 1 radical (unpaired) electrons. The van der Waals surface area contributed by atoms with Crippen LogP contribution in [0.5, 0.6) is 0 Å². The first-order valence-corrected chi connectivity index (χ1v) is 3.04. The predicted molar refractivity (Wildman–Crippen MR) is 36.6 cm³/mol. The zero-order valence-electron chi connectivity index (χ0n) is 6.15. The van der Waals surface area contributed by atoms with Gasteiger partial charge in [-0.2, -0.15) is 11.2 Å². The molecule has 3 nitrogen and oxygen atoms in total. The van der Waals surface area contributed by atoms with Gasteiger partial charge in [-0.3, -0.25) is 0 Å². The molecule has 0 unspecified atom stereocenters. The van der Waals surface area contributed by atoms with Crippen molar-refractivity contribution in [2.45, 2.75) is 6.92 Å². The van der Waals surface area contributed by atoms with Gasteiger partial charge in [0, 0.05) is 32.7 Å². The van der Waals surface area contributed by atoms with Gasteiger partial charge < -0.3 is 4.40 Å². The normalized spacial score (nSPS) is 9.55. The van der Waals surface area contributed by atoms with E-state index in [1.54, 1.807) is 6.33 Å². The molecule has 0 bridgehead atoms. The third-order valence-corrected chi connectivity index (χ3v) is 1.38. The van der Waals surface area contributed by atoms with Gasteiger partial charge in [-0.05, 0) is 0 Å². The third-order valence-electron chi connectivity index (χ3n) is 1.38. The van der Waals surface area contributed by atoms with Gasteiger partial charge in [-0.25, -0.2) is 11.6 Å². The Kier molecular flexibility index (Phi) is 2.74. The fourth-order valence-electron chi connectivity index (χ4n) is 0.861. The average molecular weight is 221 g/mol. The number of pyridine rings is 1. The molecule has 0 fully saturated rings. The molecule has 0 saturated carbocycles. The van der Waals surface area contributed by atoms with Gasteiger partial charge in [-0.15, -0.1) is 5.10 Å². The molecule has 2 aromatic heterocycles. The Balaban J connectivity index is 0.000000605. The Labute approximate surface area is 89.7 Å². The van der Waals surface area contributed by atoms with E-state index in [1.165, 1.54) is 0 Å². The van der Waals surface area contributed by atoms with Crippen LogP contribution in [-0.4, -0.2) is 14.6 Å². The van der Waals surface area contributed by atoms with Gasteiger partial charge in [0.1, 0.15) is 6.33 Å². The first-order chi connectivity index (χ1) is 4.86. The third kappa shape index (κ3) is 1.65. The van der Waals surface area contributed by atoms with Crippen molar-refractivity contribution in [1.82, 2.24) is 14.6 Å². The number of hydrogen-bond acceptors (Lipinski definition) is 2. The minimum Gasteiger partial charge on any atom is -0.323 e. The summed E-state index contributed by atoms with van der Waals surface area (Å²) in [5.41, 5.74) is 1.96. The van der Waals surface area contributed by atoms with Crippen molar-refractivity contribution >= 4 is 5.65 Å². The Morgan fingerprint density at radius 2 is 2.36 bits per heavy atom. The average Bonchev–Trinajstić information content (AvgIpc) is 2.33. The van der Waals surface area contributed by atoms with E-state index < -0.39 is 0 Å². The topological polar surface area (TPSA) is 30.2 Å². The van der Waals surface area contributed by atoms with Crippen LogP contribution in [0.2, 0.25) is 0 Å². The van der Waals surface area contributed by atoms with Crippen LogP contribution in [0.4, 0.5) is 0 Å². The number of fused-ring (bicyclic) bond motifs is 1. The summed E-state index contributed by atoms with van der Waals surface area (Å²) in [6.45, 7) is 1.98. The standard InChI is InChI=1S/C7H6N3.Y/c1-6-2-3-10-5-8-9-7(10)4-6;/h3-5H,1H3;/q-1;. The summed E-state index contributed by atoms with van der Waals surface area (Å²) in [6, 6.07) is 4.98. The minimum atomic E-state index is 0. The summed E-state index contributed by atoms with van der Waals surface area (Å²) in [7, 11) is 0. The Hall–Kier alpha value is -0.276. The summed E-state index contributed by atoms with van der Waals surface area (Å²) in [6.07, 6.45) is 3.48. The van der Waals surface area contributed by atoms with Gasteiger partial charge in [0.05, 0.1) is 5.65 Å². The molecule has 2 aromatic rings. The fourth-order valence-corrected chi connectivity index (χ4v) is 0.861. The maximum atomic E-state index is 3.87. The van der Waals surface area contributed by atoms with Gasteiger partial charge in [0.15, 0.2) is 0 Å². The zero-order valence-corrected chi connectivity index (χ0v) is 8.99. The molecule has 0 N–H and O–H groups in total. The molecule has 4 heteroatoms. The molecule has 2 heterocycles. The van der Waals surface area contributed by atoms with Crippen LogP contribution in [0.25, 0.3) is 5.65 Å². The van der Waals surface area contributed by atoms with Crippen LogP contribution in [0.15, 0.2) is 18.6 Å². The van der Waals surface area contributed by atoms with E-state index in [2.05, 4.69) is 16.3 Å². The maximum absolute atomic E-state index is 3.87.